The van der Waals surface area contributed by atoms with Crippen LogP contribution in [0.15, 0.2) is 51.7 Å². The summed E-state index contributed by atoms with van der Waals surface area (Å²) in [7, 11) is 0. The summed E-state index contributed by atoms with van der Waals surface area (Å²) in [5.41, 5.74) is 2.19. The minimum Gasteiger partial charge on any atom is -0.465 e. The zero-order valence-corrected chi connectivity index (χ0v) is 11.7. The standard InChI is InChI=1S/C17H16N2O/c1-17(2)9-13(5-6-16-4-3-7-20-16)8-14(10-17)15(11-18)12-19/h3-8H,9-10H2,1-2H3/b6-5+. The van der Waals surface area contributed by atoms with Gasteiger partial charge in [-0.25, -0.2) is 0 Å². The first kappa shape index (κ1) is 13.9. The predicted octanol–water partition coefficient (Wildman–Crippen LogP) is 4.38. The maximum absolute atomic E-state index is 9.02. The van der Waals surface area contributed by atoms with Crippen molar-refractivity contribution >= 4 is 6.08 Å². The first-order valence-electron chi connectivity index (χ1n) is 6.49. The molecule has 1 heterocycles. The fourth-order valence-electron chi connectivity index (χ4n) is 2.47. The van der Waals surface area contributed by atoms with E-state index in [1.807, 2.05) is 42.5 Å². The predicted molar refractivity (Wildman–Crippen MR) is 77.1 cm³/mol. The lowest BCUT2D eigenvalue weighted by Crippen LogP contribution is -2.17. The molecule has 0 N–H and O–H groups in total. The van der Waals surface area contributed by atoms with Crippen molar-refractivity contribution < 1.29 is 4.42 Å². The van der Waals surface area contributed by atoms with Gasteiger partial charge in [0.1, 0.15) is 23.5 Å². The van der Waals surface area contributed by atoms with E-state index in [1.165, 1.54) is 0 Å². The fourth-order valence-corrected chi connectivity index (χ4v) is 2.47. The van der Waals surface area contributed by atoms with E-state index in [-0.39, 0.29) is 11.0 Å². The minimum atomic E-state index is 0.0475. The Kier molecular flexibility index (Phi) is 3.91. The van der Waals surface area contributed by atoms with Crippen LogP contribution in [0, 0.1) is 28.1 Å². The van der Waals surface area contributed by atoms with Crippen LogP contribution >= 0.6 is 0 Å². The number of allylic oxidation sites excluding steroid dienone is 5. The van der Waals surface area contributed by atoms with Crippen LogP contribution in [-0.2, 0) is 0 Å². The summed E-state index contributed by atoms with van der Waals surface area (Å²) in [5, 5.41) is 18.0. The molecule has 20 heavy (non-hydrogen) atoms. The molecule has 1 aromatic heterocycles. The van der Waals surface area contributed by atoms with Crippen LogP contribution in [0.2, 0.25) is 0 Å². The van der Waals surface area contributed by atoms with Gasteiger partial charge in [0.15, 0.2) is 0 Å². The Morgan fingerprint density at radius 1 is 1.25 bits per heavy atom. The van der Waals surface area contributed by atoms with Crippen LogP contribution in [0.25, 0.3) is 6.08 Å². The lowest BCUT2D eigenvalue weighted by molar-refractivity contribution is 0.354. The number of rotatable bonds is 2. The molecule has 0 fully saturated rings. The topological polar surface area (TPSA) is 60.7 Å². The summed E-state index contributed by atoms with van der Waals surface area (Å²) in [6.07, 6.45) is 9.15. The number of nitriles is 2. The maximum Gasteiger partial charge on any atom is 0.132 e. The Balaban J connectivity index is 2.35. The lowest BCUT2D eigenvalue weighted by Gasteiger charge is -2.30. The number of furan rings is 1. The van der Waals surface area contributed by atoms with Crippen molar-refractivity contribution in [2.75, 3.05) is 0 Å². The van der Waals surface area contributed by atoms with Crippen molar-refractivity contribution in [3.63, 3.8) is 0 Å². The van der Waals surface area contributed by atoms with E-state index in [4.69, 9.17) is 14.9 Å². The third-order valence-corrected chi connectivity index (χ3v) is 3.26. The van der Waals surface area contributed by atoms with E-state index in [9.17, 15) is 0 Å². The fraction of sp³-hybridized carbons (Fsp3) is 0.294. The van der Waals surface area contributed by atoms with Gasteiger partial charge < -0.3 is 4.42 Å². The molecule has 100 valence electrons. The Hall–Kier alpha value is -2.52. The van der Waals surface area contributed by atoms with Crippen LogP contribution in [0.1, 0.15) is 32.4 Å². The monoisotopic (exact) mass is 264 g/mol. The van der Waals surface area contributed by atoms with Crippen LogP contribution in [0.4, 0.5) is 0 Å². The molecule has 3 heteroatoms. The van der Waals surface area contributed by atoms with Crippen LogP contribution in [0.3, 0.4) is 0 Å². The molecule has 0 aromatic carbocycles. The second kappa shape index (κ2) is 5.63. The second-order valence-electron chi connectivity index (χ2n) is 5.71. The average molecular weight is 264 g/mol. The van der Waals surface area contributed by atoms with Crippen molar-refractivity contribution in [1.82, 2.24) is 0 Å². The maximum atomic E-state index is 9.02. The zero-order valence-electron chi connectivity index (χ0n) is 11.7. The first-order valence-corrected chi connectivity index (χ1v) is 6.49. The highest BCUT2D eigenvalue weighted by Gasteiger charge is 2.26. The largest absolute Gasteiger partial charge is 0.465 e. The summed E-state index contributed by atoms with van der Waals surface area (Å²) in [6.45, 7) is 4.29. The second-order valence-corrected chi connectivity index (χ2v) is 5.71. The molecule has 0 aliphatic heterocycles. The average Bonchev–Trinajstić information content (AvgIpc) is 2.89. The molecule has 0 saturated carbocycles. The summed E-state index contributed by atoms with van der Waals surface area (Å²) in [6, 6.07) is 7.69. The molecule has 1 aliphatic rings. The van der Waals surface area contributed by atoms with Crippen LogP contribution in [0.5, 0.6) is 0 Å². The molecule has 0 spiro atoms. The molecule has 0 unspecified atom stereocenters. The summed E-state index contributed by atoms with van der Waals surface area (Å²) in [4.78, 5) is 0. The highest BCUT2D eigenvalue weighted by Crippen LogP contribution is 2.39. The summed E-state index contributed by atoms with van der Waals surface area (Å²) >= 11 is 0. The van der Waals surface area contributed by atoms with Gasteiger partial charge in [-0.05, 0) is 47.6 Å². The van der Waals surface area contributed by atoms with E-state index in [1.54, 1.807) is 6.26 Å². The molecular formula is C17H16N2O. The molecule has 0 radical (unpaired) electrons. The summed E-state index contributed by atoms with van der Waals surface area (Å²) in [5.74, 6) is 0.792. The van der Waals surface area contributed by atoms with Crippen molar-refractivity contribution in [3.05, 3.63) is 53.0 Å². The number of hydrogen-bond acceptors (Lipinski definition) is 3. The normalized spacial score (nSPS) is 17.4. The van der Waals surface area contributed by atoms with Gasteiger partial charge in [0.2, 0.25) is 0 Å². The SMILES string of the molecule is CC1(C)CC(/C=C/c2ccco2)=CC(=C(C#N)C#N)C1. The smallest absolute Gasteiger partial charge is 0.132 e. The van der Waals surface area contributed by atoms with E-state index < -0.39 is 0 Å². The first-order chi connectivity index (χ1) is 9.54. The molecule has 1 aromatic rings. The van der Waals surface area contributed by atoms with Crippen molar-refractivity contribution in [2.24, 2.45) is 5.41 Å². The van der Waals surface area contributed by atoms with Gasteiger partial charge in [0.25, 0.3) is 0 Å². The third-order valence-electron chi connectivity index (χ3n) is 3.26. The van der Waals surface area contributed by atoms with Crippen LogP contribution in [-0.4, -0.2) is 0 Å². The zero-order chi connectivity index (χ0) is 14.6. The summed E-state index contributed by atoms with van der Waals surface area (Å²) < 4.78 is 5.26. The molecular weight excluding hydrogens is 248 g/mol. The Labute approximate surface area is 119 Å². The molecule has 0 bridgehead atoms. The van der Waals surface area contributed by atoms with Gasteiger partial charge in [0.05, 0.1) is 6.26 Å². The molecule has 2 rings (SSSR count). The van der Waals surface area contributed by atoms with Crippen molar-refractivity contribution in [1.29, 1.82) is 10.5 Å². The molecule has 0 saturated heterocycles. The van der Waals surface area contributed by atoms with Gasteiger partial charge in [-0.3, -0.25) is 0 Å². The van der Waals surface area contributed by atoms with Gasteiger partial charge in [-0.15, -0.1) is 0 Å². The van der Waals surface area contributed by atoms with E-state index in [0.29, 0.717) is 0 Å². The quantitative estimate of drug-likeness (QED) is 0.744. The van der Waals surface area contributed by atoms with Gasteiger partial charge >= 0.3 is 0 Å². The molecule has 3 nitrogen and oxygen atoms in total. The van der Waals surface area contributed by atoms with Crippen LogP contribution < -0.4 is 0 Å². The molecule has 0 amide bonds. The Morgan fingerprint density at radius 2 is 2.00 bits per heavy atom. The van der Waals surface area contributed by atoms with E-state index in [0.717, 1.165) is 29.7 Å². The van der Waals surface area contributed by atoms with Crippen molar-refractivity contribution in [3.8, 4) is 12.1 Å². The number of nitrogens with zero attached hydrogens (tertiary/aromatic N) is 2. The van der Waals surface area contributed by atoms with Crippen molar-refractivity contribution in [2.45, 2.75) is 26.7 Å². The van der Waals surface area contributed by atoms with Gasteiger partial charge in [-0.1, -0.05) is 26.0 Å². The third kappa shape index (κ3) is 3.28. The minimum absolute atomic E-state index is 0.0475. The van der Waals surface area contributed by atoms with E-state index in [2.05, 4.69) is 13.8 Å². The van der Waals surface area contributed by atoms with Gasteiger partial charge in [0, 0.05) is 0 Å². The van der Waals surface area contributed by atoms with E-state index >= 15 is 0 Å². The molecule has 0 atom stereocenters. The number of hydrogen-bond donors (Lipinski definition) is 0. The highest BCUT2D eigenvalue weighted by atomic mass is 16.3. The van der Waals surface area contributed by atoms with Gasteiger partial charge in [-0.2, -0.15) is 10.5 Å². The Bertz CT molecular complexity index is 643. The molecule has 1 aliphatic carbocycles. The lowest BCUT2D eigenvalue weighted by atomic mass is 9.74. The Morgan fingerprint density at radius 3 is 2.60 bits per heavy atom. The highest BCUT2D eigenvalue weighted by molar-refractivity contribution is 5.53.